The van der Waals surface area contributed by atoms with E-state index in [1.54, 1.807) is 0 Å². The van der Waals surface area contributed by atoms with E-state index >= 15 is 0 Å². The fourth-order valence-electron chi connectivity index (χ4n) is 6.02. The molecule has 242 valence electrons. The van der Waals surface area contributed by atoms with Crippen LogP contribution < -0.4 is 20.7 Å². The first-order valence-electron chi connectivity index (χ1n) is 15.0. The molecule has 1 aliphatic heterocycles. The summed E-state index contributed by atoms with van der Waals surface area (Å²) in [6, 6.07) is 7.27. The predicted octanol–water partition coefficient (Wildman–Crippen LogP) is 6.60. The third-order valence-electron chi connectivity index (χ3n) is 8.65. The summed E-state index contributed by atoms with van der Waals surface area (Å²) in [6.45, 7) is 0.0268. The van der Waals surface area contributed by atoms with Crippen LogP contribution in [0.15, 0.2) is 36.5 Å². The second-order valence-electron chi connectivity index (χ2n) is 12.1. The summed E-state index contributed by atoms with van der Waals surface area (Å²) in [6.07, 6.45) is 0.653. The number of benzene rings is 1. The first-order chi connectivity index (χ1) is 21.8. The Bertz CT molecular complexity index is 1690. The zero-order chi connectivity index (χ0) is 32.8. The second-order valence-corrected chi connectivity index (χ2v) is 12.5. The van der Waals surface area contributed by atoms with Crippen molar-refractivity contribution >= 4 is 41.1 Å². The molecule has 2 amide bonds. The van der Waals surface area contributed by atoms with Crippen LogP contribution in [0.4, 0.5) is 29.1 Å². The molecule has 0 saturated heterocycles. The molecule has 4 N–H and O–H groups in total. The zero-order valence-electron chi connectivity index (χ0n) is 24.6. The number of rotatable bonds is 10. The highest BCUT2D eigenvalue weighted by molar-refractivity contribution is 6.30. The first kappa shape index (κ1) is 31.7. The van der Waals surface area contributed by atoms with Crippen molar-refractivity contribution < 1.29 is 31.9 Å². The van der Waals surface area contributed by atoms with Crippen molar-refractivity contribution in [1.82, 2.24) is 9.97 Å². The summed E-state index contributed by atoms with van der Waals surface area (Å²) >= 11 is 5.90. The third kappa shape index (κ3) is 6.51. The minimum atomic E-state index is -4.20. The van der Waals surface area contributed by atoms with E-state index in [2.05, 4.69) is 10.3 Å². The van der Waals surface area contributed by atoms with Crippen molar-refractivity contribution in [1.29, 1.82) is 5.41 Å². The molecule has 0 atom stereocenters. The van der Waals surface area contributed by atoms with Crippen molar-refractivity contribution in [2.75, 3.05) is 16.8 Å². The molecule has 3 aromatic rings. The van der Waals surface area contributed by atoms with Gasteiger partial charge in [0.15, 0.2) is 5.75 Å². The molecule has 0 spiro atoms. The number of pyridine rings is 2. The number of nitrogens with zero attached hydrogens (tertiary/aromatic N) is 3. The zero-order valence-corrected chi connectivity index (χ0v) is 25.3. The van der Waals surface area contributed by atoms with Crippen molar-refractivity contribution in [3.8, 4) is 16.9 Å². The number of nitrogens with one attached hydrogen (secondary N) is 2. The lowest BCUT2D eigenvalue weighted by Crippen LogP contribution is -2.50. The number of carbonyl (C=O) groups is 2. The van der Waals surface area contributed by atoms with Gasteiger partial charge in [-0.2, -0.15) is 8.78 Å². The first-order valence-corrected chi connectivity index (χ1v) is 15.4. The average molecular weight is 659 g/mol. The summed E-state index contributed by atoms with van der Waals surface area (Å²) in [5.74, 6) is -4.91. The molecule has 2 fully saturated rings. The average Bonchev–Trinajstić information content (AvgIpc) is 3.83. The number of aromatic nitrogens is 2. The van der Waals surface area contributed by atoms with Crippen LogP contribution in [0.1, 0.15) is 65.8 Å². The number of primary amides is 1. The van der Waals surface area contributed by atoms with Crippen LogP contribution in [0, 0.1) is 17.2 Å². The maximum atomic E-state index is 15.0. The van der Waals surface area contributed by atoms with Gasteiger partial charge in [-0.3, -0.25) is 19.5 Å². The van der Waals surface area contributed by atoms with E-state index in [9.17, 15) is 27.2 Å². The number of carbonyl (C=O) groups excluding carboxylic acids is 2. The SMILES string of the molecule is N=Cc1c(NCC2CCC(F)(F)CC2)nc(CC2CC2)c(C(N)=O)c1-c1ccc2c(c1)OC(F)(F)C(=O)N2Cc1ccc(Cl)cn1. The minimum Gasteiger partial charge on any atom is -0.423 e. The van der Waals surface area contributed by atoms with E-state index in [0.29, 0.717) is 42.2 Å². The number of anilines is 2. The van der Waals surface area contributed by atoms with Gasteiger partial charge in [0.25, 0.3) is 5.91 Å². The summed E-state index contributed by atoms with van der Waals surface area (Å²) in [4.78, 5) is 35.4. The quantitative estimate of drug-likeness (QED) is 0.166. The number of fused-ring (bicyclic) bond motifs is 1. The molecule has 1 aromatic carbocycles. The Morgan fingerprint density at radius 2 is 1.87 bits per heavy atom. The lowest BCUT2D eigenvalue weighted by atomic mass is 9.86. The molecule has 3 aliphatic rings. The molecular formula is C32H31ClF4N6O3. The van der Waals surface area contributed by atoms with Crippen LogP contribution >= 0.6 is 11.6 Å². The Kier molecular flexibility index (Phi) is 8.38. The van der Waals surface area contributed by atoms with Gasteiger partial charge in [0.05, 0.1) is 34.2 Å². The standard InChI is InChI=1S/C32H31ClF4N6O3/c33-20-4-5-21(40-15-20)16-43-24-6-3-19(12-25(24)46-32(36,37)30(43)45)26-22(13-38)29(41-14-18-7-9-31(34,35)10-8-18)42-23(11-17-1-2-17)27(26)28(39)44/h3-6,12-13,15,17-18,38H,1-2,7-11,14,16H2,(H2,39,44)(H,41,42). The number of halogens is 5. The topological polar surface area (TPSA) is 134 Å². The summed E-state index contributed by atoms with van der Waals surface area (Å²) in [7, 11) is 0. The Labute approximate surface area is 267 Å². The molecule has 2 aliphatic carbocycles. The fraction of sp³-hybridized carbons (Fsp3) is 0.406. The number of ether oxygens (including phenoxy) is 1. The van der Waals surface area contributed by atoms with Crippen LogP contribution in [-0.2, 0) is 17.8 Å². The van der Waals surface area contributed by atoms with Crippen LogP contribution in [0.3, 0.4) is 0 Å². The predicted molar refractivity (Wildman–Crippen MR) is 164 cm³/mol. The molecule has 0 bridgehead atoms. The number of hydrogen-bond donors (Lipinski definition) is 3. The Morgan fingerprint density at radius 1 is 1.13 bits per heavy atom. The molecule has 46 heavy (non-hydrogen) atoms. The summed E-state index contributed by atoms with van der Waals surface area (Å²) in [5, 5.41) is 11.8. The molecule has 0 unspecified atom stereocenters. The maximum absolute atomic E-state index is 15.0. The fourth-order valence-corrected chi connectivity index (χ4v) is 6.13. The number of amides is 2. The molecule has 0 radical (unpaired) electrons. The molecule has 2 saturated carbocycles. The second kappa shape index (κ2) is 12.2. The van der Waals surface area contributed by atoms with E-state index in [-0.39, 0.29) is 70.7 Å². The molecule has 9 nitrogen and oxygen atoms in total. The smallest absolute Gasteiger partial charge is 0.423 e. The normalized spacial score (nSPS) is 18.9. The highest BCUT2D eigenvalue weighted by Crippen LogP contribution is 2.45. The van der Waals surface area contributed by atoms with Crippen LogP contribution in [0.25, 0.3) is 11.1 Å². The van der Waals surface area contributed by atoms with Crippen LogP contribution in [0.2, 0.25) is 5.02 Å². The lowest BCUT2D eigenvalue weighted by molar-refractivity contribution is -0.193. The number of hydrogen-bond acceptors (Lipinski definition) is 7. The van der Waals surface area contributed by atoms with Gasteiger partial charge in [-0.05, 0) is 73.8 Å². The van der Waals surface area contributed by atoms with Crippen molar-refractivity contribution in [2.24, 2.45) is 17.6 Å². The largest absolute Gasteiger partial charge is 0.482 e. The van der Waals surface area contributed by atoms with E-state index in [4.69, 9.17) is 32.5 Å². The van der Waals surface area contributed by atoms with E-state index in [1.807, 2.05) is 0 Å². The van der Waals surface area contributed by atoms with Crippen LogP contribution in [-0.4, -0.2) is 46.6 Å². The summed E-state index contributed by atoms with van der Waals surface area (Å²) < 4.78 is 62.3. The van der Waals surface area contributed by atoms with Gasteiger partial charge in [-0.15, -0.1) is 0 Å². The maximum Gasteiger partial charge on any atom is 0.482 e. The van der Waals surface area contributed by atoms with Gasteiger partial charge in [0.1, 0.15) is 5.82 Å². The lowest BCUT2D eigenvalue weighted by Gasteiger charge is -2.33. The van der Waals surface area contributed by atoms with E-state index < -0.39 is 23.8 Å². The highest BCUT2D eigenvalue weighted by Gasteiger charge is 2.50. The number of nitrogens with two attached hydrogens (primary N) is 1. The monoisotopic (exact) mass is 658 g/mol. The van der Waals surface area contributed by atoms with Gasteiger partial charge in [0.2, 0.25) is 5.92 Å². The van der Waals surface area contributed by atoms with Gasteiger partial charge in [-0.1, -0.05) is 17.7 Å². The van der Waals surface area contributed by atoms with Gasteiger partial charge in [-0.25, -0.2) is 13.8 Å². The minimum absolute atomic E-state index is 0.0492. The number of alkyl halides is 4. The van der Waals surface area contributed by atoms with E-state index in [1.165, 1.54) is 36.5 Å². The van der Waals surface area contributed by atoms with Crippen molar-refractivity contribution in [3.63, 3.8) is 0 Å². The van der Waals surface area contributed by atoms with E-state index in [0.717, 1.165) is 24.0 Å². The van der Waals surface area contributed by atoms with Crippen molar-refractivity contribution in [2.45, 2.75) is 63.5 Å². The Morgan fingerprint density at radius 3 is 2.50 bits per heavy atom. The van der Waals surface area contributed by atoms with Crippen molar-refractivity contribution in [3.05, 3.63) is 64.1 Å². The summed E-state index contributed by atoms with van der Waals surface area (Å²) in [5.41, 5.74) is 7.30. The van der Waals surface area contributed by atoms with Gasteiger partial charge >= 0.3 is 12.0 Å². The molecule has 6 rings (SSSR count). The highest BCUT2D eigenvalue weighted by atomic mass is 35.5. The molecule has 14 heteroatoms. The van der Waals surface area contributed by atoms with Crippen LogP contribution in [0.5, 0.6) is 5.75 Å². The Hall–Kier alpha value is -4.26. The van der Waals surface area contributed by atoms with Gasteiger partial charge in [0, 0.05) is 42.9 Å². The third-order valence-corrected chi connectivity index (χ3v) is 8.88. The molecule has 2 aromatic heterocycles. The van der Waals surface area contributed by atoms with Gasteiger partial charge < -0.3 is 21.2 Å². The molecule has 3 heterocycles. The Balaban J connectivity index is 1.42. The molecular weight excluding hydrogens is 628 g/mol.